The normalized spacial score (nSPS) is 11.1. The number of carbonyl (C=O) groups is 1. The Bertz CT molecular complexity index is 1300. The van der Waals surface area contributed by atoms with Crippen LogP contribution >= 0.6 is 0 Å². The van der Waals surface area contributed by atoms with Crippen LogP contribution < -0.4 is 10.9 Å². The van der Waals surface area contributed by atoms with Crippen molar-refractivity contribution in [1.29, 1.82) is 0 Å². The number of nitrogens with zero attached hydrogens (tertiary/aromatic N) is 3. The molecule has 6 nitrogen and oxygen atoms in total. The van der Waals surface area contributed by atoms with E-state index >= 15 is 0 Å². The maximum Gasteiger partial charge on any atom is 0.280 e. The van der Waals surface area contributed by atoms with Crippen molar-refractivity contribution in [2.24, 2.45) is 0 Å². The van der Waals surface area contributed by atoms with Gasteiger partial charge in [-0.1, -0.05) is 44.2 Å². The first-order valence-corrected chi connectivity index (χ1v) is 10.6. The number of benzene rings is 2. The van der Waals surface area contributed by atoms with Crippen LogP contribution in [0.15, 0.2) is 65.6 Å². The molecule has 158 valence electrons. The van der Waals surface area contributed by atoms with Crippen LogP contribution in [-0.2, 0) is 24.2 Å². The summed E-state index contributed by atoms with van der Waals surface area (Å²) in [4.78, 5) is 30.6. The van der Waals surface area contributed by atoms with Crippen LogP contribution in [0, 0.1) is 6.92 Å². The summed E-state index contributed by atoms with van der Waals surface area (Å²) in [6.45, 7) is 6.10. The van der Waals surface area contributed by atoms with Crippen molar-refractivity contribution in [2.45, 2.75) is 40.2 Å². The van der Waals surface area contributed by atoms with Crippen LogP contribution in [0.3, 0.4) is 0 Å². The second-order valence-electron chi connectivity index (χ2n) is 7.58. The molecule has 0 saturated heterocycles. The van der Waals surface area contributed by atoms with Crippen molar-refractivity contribution in [1.82, 2.24) is 14.3 Å². The van der Waals surface area contributed by atoms with Gasteiger partial charge in [-0.25, -0.2) is 9.67 Å². The van der Waals surface area contributed by atoms with E-state index in [1.165, 1.54) is 10.2 Å². The Morgan fingerprint density at radius 3 is 2.48 bits per heavy atom. The molecule has 31 heavy (non-hydrogen) atoms. The standard InChI is InChI=1S/C25H26N4O2/c1-4-18-11-13-20(14-12-18)29-25(31)21-10-7-15-26-24(21)28(29)16-22(30)27-23-17(3)8-6-9-19(23)5-2/h6-15H,4-5,16H2,1-3H3,(H,27,30). The molecular weight excluding hydrogens is 388 g/mol. The third kappa shape index (κ3) is 3.89. The summed E-state index contributed by atoms with van der Waals surface area (Å²) < 4.78 is 3.19. The van der Waals surface area contributed by atoms with Crippen molar-refractivity contribution in [3.8, 4) is 5.69 Å². The Hall–Kier alpha value is -3.67. The van der Waals surface area contributed by atoms with Crippen LogP contribution in [-0.4, -0.2) is 20.3 Å². The topological polar surface area (TPSA) is 68.9 Å². The number of aromatic nitrogens is 3. The average molecular weight is 415 g/mol. The Morgan fingerprint density at radius 2 is 1.77 bits per heavy atom. The molecule has 0 aliphatic carbocycles. The second kappa shape index (κ2) is 8.60. The van der Waals surface area contributed by atoms with Crippen molar-refractivity contribution in [2.75, 3.05) is 5.32 Å². The van der Waals surface area contributed by atoms with Gasteiger partial charge in [0.05, 0.1) is 11.1 Å². The fourth-order valence-corrected chi connectivity index (χ4v) is 3.88. The number of hydrogen-bond acceptors (Lipinski definition) is 3. The molecule has 0 radical (unpaired) electrons. The summed E-state index contributed by atoms with van der Waals surface area (Å²) in [7, 11) is 0. The molecule has 6 heteroatoms. The van der Waals surface area contributed by atoms with Gasteiger partial charge in [-0.15, -0.1) is 0 Å². The monoisotopic (exact) mass is 414 g/mol. The highest BCUT2D eigenvalue weighted by atomic mass is 16.2. The lowest BCUT2D eigenvalue weighted by molar-refractivity contribution is -0.117. The minimum Gasteiger partial charge on any atom is -0.324 e. The smallest absolute Gasteiger partial charge is 0.280 e. The molecule has 0 atom stereocenters. The number of anilines is 1. The summed E-state index contributed by atoms with van der Waals surface area (Å²) in [5, 5.41) is 3.53. The van der Waals surface area contributed by atoms with Gasteiger partial charge >= 0.3 is 0 Å². The van der Waals surface area contributed by atoms with Crippen LogP contribution in [0.25, 0.3) is 16.7 Å². The zero-order chi connectivity index (χ0) is 22.0. The molecule has 4 aromatic rings. The van der Waals surface area contributed by atoms with Crippen molar-refractivity contribution in [3.05, 3.63) is 87.8 Å². The van der Waals surface area contributed by atoms with Gasteiger partial charge in [0, 0.05) is 11.9 Å². The molecule has 0 unspecified atom stereocenters. The van der Waals surface area contributed by atoms with Gasteiger partial charge in [0.2, 0.25) is 5.91 Å². The number of carbonyl (C=O) groups excluding carboxylic acids is 1. The van der Waals surface area contributed by atoms with Gasteiger partial charge < -0.3 is 5.32 Å². The van der Waals surface area contributed by atoms with Crippen LogP contribution in [0.5, 0.6) is 0 Å². The maximum atomic E-state index is 13.2. The van der Waals surface area contributed by atoms with E-state index in [1.807, 2.05) is 49.4 Å². The molecule has 1 N–H and O–H groups in total. The lowest BCUT2D eigenvalue weighted by atomic mass is 10.1. The molecule has 0 aliphatic rings. The van der Waals surface area contributed by atoms with Crippen LogP contribution in [0.4, 0.5) is 5.69 Å². The third-order valence-electron chi connectivity index (χ3n) is 5.58. The van der Waals surface area contributed by atoms with Crippen molar-refractivity contribution >= 4 is 22.6 Å². The highest BCUT2D eigenvalue weighted by molar-refractivity contribution is 5.93. The first-order valence-electron chi connectivity index (χ1n) is 10.6. The van der Waals surface area contributed by atoms with E-state index < -0.39 is 0 Å². The van der Waals surface area contributed by atoms with Gasteiger partial charge in [-0.3, -0.25) is 14.3 Å². The van der Waals surface area contributed by atoms with E-state index in [1.54, 1.807) is 23.0 Å². The molecule has 2 heterocycles. The summed E-state index contributed by atoms with van der Waals surface area (Å²) in [5.74, 6) is -0.203. The fourth-order valence-electron chi connectivity index (χ4n) is 3.88. The fraction of sp³-hybridized carbons (Fsp3) is 0.240. The molecule has 0 saturated carbocycles. The predicted molar refractivity (Wildman–Crippen MR) is 124 cm³/mol. The summed E-state index contributed by atoms with van der Waals surface area (Å²) in [6, 6.07) is 17.3. The van der Waals surface area contributed by atoms with E-state index in [4.69, 9.17) is 0 Å². The molecular formula is C25H26N4O2. The third-order valence-corrected chi connectivity index (χ3v) is 5.58. The Kier molecular flexibility index (Phi) is 5.71. The summed E-state index contributed by atoms with van der Waals surface area (Å²) in [5.41, 5.74) is 5.11. The van der Waals surface area contributed by atoms with Crippen molar-refractivity contribution < 1.29 is 4.79 Å². The van der Waals surface area contributed by atoms with Crippen LogP contribution in [0.2, 0.25) is 0 Å². The molecule has 0 spiro atoms. The van der Waals surface area contributed by atoms with Gasteiger partial charge in [-0.2, -0.15) is 0 Å². The minimum absolute atomic E-state index is 0.0250. The van der Waals surface area contributed by atoms with E-state index in [-0.39, 0.29) is 18.0 Å². The highest BCUT2D eigenvalue weighted by Gasteiger charge is 2.18. The minimum atomic E-state index is -0.203. The summed E-state index contributed by atoms with van der Waals surface area (Å²) >= 11 is 0. The number of amides is 1. The Labute approximate surface area is 181 Å². The predicted octanol–water partition coefficient (Wildman–Crippen LogP) is 4.26. The number of hydrogen-bond donors (Lipinski definition) is 1. The second-order valence-corrected chi connectivity index (χ2v) is 7.58. The number of aryl methyl sites for hydroxylation is 3. The number of rotatable bonds is 6. The lowest BCUT2D eigenvalue weighted by Crippen LogP contribution is -2.27. The van der Waals surface area contributed by atoms with E-state index in [2.05, 4.69) is 24.1 Å². The molecule has 4 rings (SSSR count). The maximum absolute atomic E-state index is 13.2. The zero-order valence-corrected chi connectivity index (χ0v) is 18.1. The molecule has 2 aromatic heterocycles. The lowest BCUT2D eigenvalue weighted by Gasteiger charge is -2.15. The van der Waals surface area contributed by atoms with Crippen LogP contribution in [0.1, 0.15) is 30.5 Å². The van der Waals surface area contributed by atoms with Gasteiger partial charge in [0.25, 0.3) is 5.56 Å². The zero-order valence-electron chi connectivity index (χ0n) is 18.1. The largest absolute Gasteiger partial charge is 0.324 e. The SMILES string of the molecule is CCc1ccc(-n2c(=O)c3cccnc3n2CC(=O)Nc2c(C)cccc2CC)cc1. The average Bonchev–Trinajstić information content (AvgIpc) is 3.07. The molecule has 0 fully saturated rings. The van der Waals surface area contributed by atoms with Gasteiger partial charge in [0.1, 0.15) is 6.54 Å². The summed E-state index contributed by atoms with van der Waals surface area (Å²) in [6.07, 6.45) is 3.37. The quantitative estimate of drug-likeness (QED) is 0.513. The van der Waals surface area contributed by atoms with Gasteiger partial charge in [0.15, 0.2) is 5.65 Å². The Balaban J connectivity index is 1.77. The van der Waals surface area contributed by atoms with E-state index in [9.17, 15) is 9.59 Å². The van der Waals surface area contributed by atoms with Gasteiger partial charge in [-0.05, 0) is 60.7 Å². The highest BCUT2D eigenvalue weighted by Crippen LogP contribution is 2.21. The number of pyridine rings is 1. The van der Waals surface area contributed by atoms with E-state index in [0.29, 0.717) is 16.7 Å². The number of fused-ring (bicyclic) bond motifs is 1. The van der Waals surface area contributed by atoms with E-state index in [0.717, 1.165) is 29.7 Å². The number of nitrogens with one attached hydrogen (secondary N) is 1. The molecule has 1 amide bonds. The molecule has 2 aromatic carbocycles. The molecule has 0 aliphatic heterocycles. The Morgan fingerprint density at radius 1 is 1.00 bits per heavy atom. The van der Waals surface area contributed by atoms with Crippen molar-refractivity contribution in [3.63, 3.8) is 0 Å². The first kappa shape index (κ1) is 20.6. The first-order chi connectivity index (χ1) is 15.0. The number of para-hydroxylation sites is 1. The molecule has 0 bridgehead atoms.